The predicted octanol–water partition coefficient (Wildman–Crippen LogP) is 2.93. The molecule has 1 N–H and O–H groups in total. The summed E-state index contributed by atoms with van der Waals surface area (Å²) in [6.07, 6.45) is -0.393. The molecule has 1 fully saturated rings. The zero-order valence-electron chi connectivity index (χ0n) is 14.9. The minimum absolute atomic E-state index is 0.234. The number of hydrogen-bond donors (Lipinski definition) is 1. The van der Waals surface area contributed by atoms with Gasteiger partial charge in [-0.05, 0) is 30.7 Å². The summed E-state index contributed by atoms with van der Waals surface area (Å²) in [6.45, 7) is 3.09. The molecule has 1 atom stereocenters. The lowest BCUT2D eigenvalue weighted by atomic mass is 9.92. The molecule has 0 bridgehead atoms. The van der Waals surface area contributed by atoms with Crippen LogP contribution in [0.25, 0.3) is 0 Å². The summed E-state index contributed by atoms with van der Waals surface area (Å²) in [7, 11) is 1.60. The largest absolute Gasteiger partial charge is 0.447 e. The molecule has 2 amide bonds. The standard InChI is InChI=1S/C20H22N2O4/c1-20(14-25-2,16-8-4-3-5-9-16)21-18(23)15-7-6-10-17(13-15)22-11-12-26-19(22)24/h3-10,13H,11-12,14H2,1-2H3,(H,21,23). The van der Waals surface area contributed by atoms with Crippen LogP contribution in [0, 0.1) is 0 Å². The Balaban J connectivity index is 1.83. The molecular formula is C20H22N2O4. The molecule has 1 aliphatic heterocycles. The third kappa shape index (κ3) is 3.70. The first-order valence-electron chi connectivity index (χ1n) is 8.45. The van der Waals surface area contributed by atoms with Crippen molar-refractivity contribution in [2.75, 3.05) is 31.8 Å². The molecule has 1 unspecified atom stereocenters. The van der Waals surface area contributed by atoms with Gasteiger partial charge in [-0.1, -0.05) is 36.4 Å². The molecule has 6 heteroatoms. The van der Waals surface area contributed by atoms with E-state index in [-0.39, 0.29) is 5.91 Å². The third-order valence-electron chi connectivity index (χ3n) is 4.41. The van der Waals surface area contributed by atoms with Crippen molar-refractivity contribution < 1.29 is 19.1 Å². The van der Waals surface area contributed by atoms with Gasteiger partial charge in [0.05, 0.1) is 18.7 Å². The van der Waals surface area contributed by atoms with Gasteiger partial charge in [-0.2, -0.15) is 0 Å². The molecule has 1 saturated heterocycles. The lowest BCUT2D eigenvalue weighted by molar-refractivity contribution is 0.0786. The van der Waals surface area contributed by atoms with Gasteiger partial charge < -0.3 is 14.8 Å². The first kappa shape index (κ1) is 17.9. The van der Waals surface area contributed by atoms with Gasteiger partial charge in [-0.25, -0.2) is 4.79 Å². The van der Waals surface area contributed by atoms with Gasteiger partial charge in [0.15, 0.2) is 0 Å². The maximum absolute atomic E-state index is 12.9. The highest BCUT2D eigenvalue weighted by molar-refractivity contribution is 5.97. The first-order valence-corrected chi connectivity index (χ1v) is 8.45. The zero-order valence-corrected chi connectivity index (χ0v) is 14.9. The number of carbonyl (C=O) groups excluding carboxylic acids is 2. The number of carbonyl (C=O) groups is 2. The van der Waals surface area contributed by atoms with E-state index in [9.17, 15) is 9.59 Å². The van der Waals surface area contributed by atoms with Crippen LogP contribution in [0.15, 0.2) is 54.6 Å². The van der Waals surface area contributed by atoms with Crippen LogP contribution in [0.5, 0.6) is 0 Å². The van der Waals surface area contributed by atoms with E-state index in [2.05, 4.69) is 5.32 Å². The number of cyclic esters (lactones) is 1. The van der Waals surface area contributed by atoms with Crippen LogP contribution >= 0.6 is 0 Å². The fraction of sp³-hybridized carbons (Fsp3) is 0.300. The van der Waals surface area contributed by atoms with E-state index in [0.717, 1.165) is 5.56 Å². The van der Waals surface area contributed by atoms with E-state index < -0.39 is 11.6 Å². The number of nitrogens with zero attached hydrogens (tertiary/aromatic N) is 1. The van der Waals surface area contributed by atoms with Crippen molar-refractivity contribution in [1.82, 2.24) is 5.32 Å². The van der Waals surface area contributed by atoms with Crippen molar-refractivity contribution in [1.29, 1.82) is 0 Å². The van der Waals surface area contributed by atoms with E-state index in [4.69, 9.17) is 9.47 Å². The van der Waals surface area contributed by atoms with Crippen molar-refractivity contribution in [3.63, 3.8) is 0 Å². The maximum Gasteiger partial charge on any atom is 0.414 e. The Bertz CT molecular complexity index is 793. The number of benzene rings is 2. The van der Waals surface area contributed by atoms with Crippen LogP contribution in [0.3, 0.4) is 0 Å². The number of hydrogen-bond acceptors (Lipinski definition) is 4. The number of ether oxygens (including phenoxy) is 2. The Labute approximate surface area is 152 Å². The smallest absolute Gasteiger partial charge is 0.414 e. The molecule has 0 aromatic heterocycles. The molecule has 26 heavy (non-hydrogen) atoms. The van der Waals surface area contributed by atoms with Crippen molar-refractivity contribution in [3.8, 4) is 0 Å². The van der Waals surface area contributed by atoms with Crippen LogP contribution in [0.2, 0.25) is 0 Å². The van der Waals surface area contributed by atoms with E-state index >= 15 is 0 Å². The molecule has 0 spiro atoms. The lowest BCUT2D eigenvalue weighted by Gasteiger charge is -2.31. The highest BCUT2D eigenvalue weighted by atomic mass is 16.6. The van der Waals surface area contributed by atoms with Gasteiger partial charge in [0.25, 0.3) is 5.91 Å². The summed E-state index contributed by atoms with van der Waals surface area (Å²) in [5.41, 5.74) is 1.40. The Hall–Kier alpha value is -2.86. The Morgan fingerprint density at radius 2 is 2.00 bits per heavy atom. The monoisotopic (exact) mass is 354 g/mol. The molecule has 136 valence electrons. The summed E-state index contributed by atoms with van der Waals surface area (Å²) in [5.74, 6) is -0.234. The molecular weight excluding hydrogens is 332 g/mol. The molecule has 2 aromatic rings. The second-order valence-electron chi connectivity index (χ2n) is 6.40. The second kappa shape index (κ2) is 7.58. The van der Waals surface area contributed by atoms with Gasteiger partial charge in [0.1, 0.15) is 6.61 Å². The van der Waals surface area contributed by atoms with E-state index in [1.54, 1.807) is 31.4 Å². The Morgan fingerprint density at radius 3 is 2.65 bits per heavy atom. The number of nitrogens with one attached hydrogen (secondary N) is 1. The SMILES string of the molecule is COCC(C)(NC(=O)c1cccc(N2CCOC2=O)c1)c1ccccc1. The number of rotatable bonds is 6. The number of amides is 2. The van der Waals surface area contributed by atoms with Crippen molar-refractivity contribution >= 4 is 17.7 Å². The molecule has 2 aromatic carbocycles. The topological polar surface area (TPSA) is 67.9 Å². The Kier molecular flexibility index (Phi) is 5.23. The molecule has 6 nitrogen and oxygen atoms in total. The molecule has 0 aliphatic carbocycles. The maximum atomic E-state index is 12.9. The summed E-state index contributed by atoms with van der Waals surface area (Å²) in [6, 6.07) is 16.6. The van der Waals surface area contributed by atoms with Crippen LogP contribution in [0.4, 0.5) is 10.5 Å². The fourth-order valence-electron chi connectivity index (χ4n) is 3.05. The fourth-order valence-corrected chi connectivity index (χ4v) is 3.05. The average molecular weight is 354 g/mol. The van der Waals surface area contributed by atoms with Gasteiger partial charge in [0.2, 0.25) is 0 Å². The van der Waals surface area contributed by atoms with Gasteiger partial charge in [-0.15, -0.1) is 0 Å². The van der Waals surface area contributed by atoms with Crippen molar-refractivity contribution in [2.45, 2.75) is 12.5 Å². The normalized spacial score (nSPS) is 16.1. The average Bonchev–Trinajstić information content (AvgIpc) is 3.09. The quantitative estimate of drug-likeness (QED) is 0.866. The predicted molar refractivity (Wildman–Crippen MR) is 98.3 cm³/mol. The molecule has 3 rings (SSSR count). The summed E-state index contributed by atoms with van der Waals surface area (Å²) >= 11 is 0. The minimum atomic E-state index is -0.671. The Morgan fingerprint density at radius 1 is 1.23 bits per heavy atom. The zero-order chi connectivity index (χ0) is 18.6. The molecule has 0 saturated carbocycles. The van der Waals surface area contributed by atoms with Gasteiger partial charge in [0, 0.05) is 18.4 Å². The van der Waals surface area contributed by atoms with Crippen LogP contribution in [0.1, 0.15) is 22.8 Å². The highest BCUT2D eigenvalue weighted by Crippen LogP contribution is 2.24. The molecule has 0 radical (unpaired) electrons. The minimum Gasteiger partial charge on any atom is -0.447 e. The highest BCUT2D eigenvalue weighted by Gasteiger charge is 2.30. The second-order valence-corrected chi connectivity index (χ2v) is 6.40. The van der Waals surface area contributed by atoms with E-state index in [1.165, 1.54) is 4.90 Å². The van der Waals surface area contributed by atoms with Gasteiger partial charge >= 0.3 is 6.09 Å². The lowest BCUT2D eigenvalue weighted by Crippen LogP contribution is -2.46. The first-order chi connectivity index (χ1) is 12.5. The van der Waals surface area contributed by atoms with Crippen molar-refractivity contribution in [2.24, 2.45) is 0 Å². The molecule has 1 aliphatic rings. The van der Waals surface area contributed by atoms with Crippen LogP contribution in [-0.4, -0.2) is 38.9 Å². The van der Waals surface area contributed by atoms with Crippen molar-refractivity contribution in [3.05, 3.63) is 65.7 Å². The van der Waals surface area contributed by atoms with E-state index in [1.807, 2.05) is 37.3 Å². The van der Waals surface area contributed by atoms with Gasteiger partial charge in [-0.3, -0.25) is 9.69 Å². The van der Waals surface area contributed by atoms with Crippen LogP contribution < -0.4 is 10.2 Å². The number of methoxy groups -OCH3 is 1. The third-order valence-corrected chi connectivity index (χ3v) is 4.41. The summed E-state index contributed by atoms with van der Waals surface area (Å²) in [4.78, 5) is 26.1. The van der Waals surface area contributed by atoms with Crippen LogP contribution in [-0.2, 0) is 15.0 Å². The number of anilines is 1. The molecule has 1 heterocycles. The summed E-state index contributed by atoms with van der Waals surface area (Å²) in [5, 5.41) is 3.06. The van der Waals surface area contributed by atoms with E-state index in [0.29, 0.717) is 31.0 Å². The summed E-state index contributed by atoms with van der Waals surface area (Å²) < 4.78 is 10.3.